The monoisotopic (exact) mass is 220 g/mol. The van der Waals surface area contributed by atoms with Crippen LogP contribution in [0.3, 0.4) is 0 Å². The fourth-order valence-electron chi connectivity index (χ4n) is 0.805. The smallest absolute Gasteiger partial charge is 0.319 e. The average Bonchev–Trinajstić information content (AvgIpc) is 2.16. The summed E-state index contributed by atoms with van der Waals surface area (Å²) in [5.41, 5.74) is 0. The molecule has 0 heterocycles. The first-order chi connectivity index (χ1) is 6.59. The maximum absolute atomic E-state index is 11.3. The molecule has 0 N–H and O–H groups in total. The highest BCUT2D eigenvalue weighted by molar-refractivity contribution is 7.81. The van der Waals surface area contributed by atoms with Crippen molar-refractivity contribution in [2.24, 2.45) is 5.92 Å². The average molecular weight is 220 g/mol. The van der Waals surface area contributed by atoms with Gasteiger partial charge in [0, 0.05) is 6.61 Å². The summed E-state index contributed by atoms with van der Waals surface area (Å²) < 4.78 is 10.1. The Kier molecular flexibility index (Phi) is 7.99. The molecule has 3 nitrogen and oxygen atoms in total. The van der Waals surface area contributed by atoms with Crippen LogP contribution in [0, 0.1) is 5.92 Å². The van der Waals surface area contributed by atoms with Gasteiger partial charge < -0.3 is 9.47 Å². The summed E-state index contributed by atoms with van der Waals surface area (Å²) in [5, 5.41) is -0.332. The topological polar surface area (TPSA) is 35.5 Å². The van der Waals surface area contributed by atoms with Crippen molar-refractivity contribution in [2.75, 3.05) is 19.8 Å². The van der Waals surface area contributed by atoms with Crippen molar-refractivity contribution in [2.45, 2.75) is 32.4 Å². The summed E-state index contributed by atoms with van der Waals surface area (Å²) in [6.45, 7) is 7.42. The lowest BCUT2D eigenvalue weighted by Crippen LogP contribution is -2.24. The van der Waals surface area contributed by atoms with Crippen molar-refractivity contribution in [1.82, 2.24) is 0 Å². The van der Waals surface area contributed by atoms with Crippen LogP contribution in [0.25, 0.3) is 0 Å². The van der Waals surface area contributed by atoms with Crippen molar-refractivity contribution < 1.29 is 14.3 Å². The fraction of sp³-hybridized carbons (Fsp3) is 0.900. The number of ether oxygens (including phenoxy) is 2. The van der Waals surface area contributed by atoms with E-state index >= 15 is 0 Å². The second-order valence-electron chi connectivity index (χ2n) is 3.47. The van der Waals surface area contributed by atoms with Crippen molar-refractivity contribution in [3.05, 3.63) is 0 Å². The van der Waals surface area contributed by atoms with E-state index < -0.39 is 0 Å². The van der Waals surface area contributed by atoms with Crippen LogP contribution in [0.4, 0.5) is 0 Å². The predicted molar refractivity (Wildman–Crippen MR) is 59.7 cm³/mol. The molecule has 0 rings (SSSR count). The summed E-state index contributed by atoms with van der Waals surface area (Å²) in [6, 6.07) is 0. The summed E-state index contributed by atoms with van der Waals surface area (Å²) >= 11 is 4.15. The maximum atomic E-state index is 11.3. The lowest BCUT2D eigenvalue weighted by atomic mass is 10.1. The zero-order chi connectivity index (χ0) is 11.0. The number of carbonyl (C=O) groups excluding carboxylic acids is 1. The largest absolute Gasteiger partial charge is 0.462 e. The van der Waals surface area contributed by atoms with Gasteiger partial charge in [-0.1, -0.05) is 20.8 Å². The van der Waals surface area contributed by atoms with Gasteiger partial charge in [0.05, 0.1) is 6.61 Å². The molecule has 0 aliphatic rings. The highest BCUT2D eigenvalue weighted by Crippen LogP contribution is 2.10. The first kappa shape index (κ1) is 13.8. The van der Waals surface area contributed by atoms with Gasteiger partial charge in [-0.15, -0.1) is 0 Å². The SMILES string of the molecule is CCCOCCOC(=O)C(S)C(C)C. The maximum Gasteiger partial charge on any atom is 0.319 e. The normalized spacial score (nSPS) is 12.9. The van der Waals surface area contributed by atoms with Crippen LogP contribution in [0.1, 0.15) is 27.2 Å². The van der Waals surface area contributed by atoms with E-state index in [2.05, 4.69) is 12.6 Å². The summed E-state index contributed by atoms with van der Waals surface area (Å²) in [6.07, 6.45) is 0.981. The third-order valence-electron chi connectivity index (χ3n) is 1.69. The molecule has 1 unspecified atom stereocenters. The molecule has 0 aliphatic heterocycles. The number of carbonyl (C=O) groups is 1. The van der Waals surface area contributed by atoms with Crippen LogP contribution >= 0.6 is 12.6 Å². The number of hydrogen-bond donors (Lipinski definition) is 1. The first-order valence-corrected chi connectivity index (χ1v) is 5.53. The Bertz CT molecular complexity index is 159. The second-order valence-corrected chi connectivity index (χ2v) is 4.03. The minimum absolute atomic E-state index is 0.197. The molecule has 0 saturated carbocycles. The minimum Gasteiger partial charge on any atom is -0.462 e. The Morgan fingerprint density at radius 3 is 2.43 bits per heavy atom. The Morgan fingerprint density at radius 2 is 1.93 bits per heavy atom. The van der Waals surface area contributed by atoms with E-state index in [1.54, 1.807) is 0 Å². The van der Waals surface area contributed by atoms with E-state index in [9.17, 15) is 4.79 Å². The Labute approximate surface area is 91.6 Å². The van der Waals surface area contributed by atoms with Gasteiger partial charge in [-0.2, -0.15) is 12.6 Å². The lowest BCUT2D eigenvalue weighted by molar-refractivity contribution is -0.145. The molecule has 14 heavy (non-hydrogen) atoms. The molecule has 0 radical (unpaired) electrons. The van der Waals surface area contributed by atoms with E-state index in [-0.39, 0.29) is 17.1 Å². The molecule has 84 valence electrons. The van der Waals surface area contributed by atoms with E-state index in [4.69, 9.17) is 9.47 Å². The van der Waals surface area contributed by atoms with Crippen LogP contribution < -0.4 is 0 Å². The second kappa shape index (κ2) is 8.12. The van der Waals surface area contributed by atoms with E-state index in [1.807, 2.05) is 20.8 Å². The Morgan fingerprint density at radius 1 is 1.29 bits per heavy atom. The zero-order valence-corrected chi connectivity index (χ0v) is 10.0. The molecule has 0 bridgehead atoms. The molecular weight excluding hydrogens is 200 g/mol. The molecule has 0 aromatic carbocycles. The molecule has 4 heteroatoms. The highest BCUT2D eigenvalue weighted by atomic mass is 32.1. The molecular formula is C10H20O3S. The molecule has 0 spiro atoms. The van der Waals surface area contributed by atoms with Crippen LogP contribution in [-0.2, 0) is 14.3 Å². The number of thiol groups is 1. The molecule has 0 amide bonds. The lowest BCUT2D eigenvalue weighted by Gasteiger charge is -2.13. The molecule has 0 aromatic heterocycles. The van der Waals surface area contributed by atoms with E-state index in [0.29, 0.717) is 19.8 Å². The van der Waals surface area contributed by atoms with Gasteiger partial charge in [-0.25, -0.2) is 0 Å². The predicted octanol–water partition coefficient (Wildman–Crippen LogP) is 1.91. The summed E-state index contributed by atoms with van der Waals surface area (Å²) in [5.74, 6) is -0.0641. The van der Waals surface area contributed by atoms with Crippen LogP contribution in [0.5, 0.6) is 0 Å². The van der Waals surface area contributed by atoms with Crippen molar-refractivity contribution in [3.63, 3.8) is 0 Å². The van der Waals surface area contributed by atoms with Crippen molar-refractivity contribution in [1.29, 1.82) is 0 Å². The van der Waals surface area contributed by atoms with E-state index in [0.717, 1.165) is 6.42 Å². The van der Waals surface area contributed by atoms with E-state index in [1.165, 1.54) is 0 Å². The van der Waals surface area contributed by atoms with Crippen molar-refractivity contribution in [3.8, 4) is 0 Å². The molecule has 0 aromatic rings. The minimum atomic E-state index is -0.332. The summed E-state index contributed by atoms with van der Waals surface area (Å²) in [7, 11) is 0. The standard InChI is InChI=1S/C10H20O3S/c1-4-5-12-6-7-13-10(11)9(14)8(2)3/h8-9,14H,4-7H2,1-3H3. The quantitative estimate of drug-likeness (QED) is 0.404. The third kappa shape index (κ3) is 6.27. The zero-order valence-electron chi connectivity index (χ0n) is 9.16. The highest BCUT2D eigenvalue weighted by Gasteiger charge is 2.18. The Hall–Kier alpha value is -0.220. The molecule has 1 atom stereocenters. The molecule has 0 fully saturated rings. The fourth-order valence-corrected chi connectivity index (χ4v) is 0.880. The number of hydrogen-bond acceptors (Lipinski definition) is 4. The van der Waals surface area contributed by atoms with Gasteiger partial charge in [0.1, 0.15) is 11.9 Å². The molecule has 0 saturated heterocycles. The first-order valence-electron chi connectivity index (χ1n) is 5.02. The molecule has 0 aliphatic carbocycles. The van der Waals surface area contributed by atoms with Gasteiger partial charge >= 0.3 is 5.97 Å². The number of esters is 1. The van der Waals surface area contributed by atoms with Crippen LogP contribution in [0.2, 0.25) is 0 Å². The Balaban J connectivity index is 3.44. The summed E-state index contributed by atoms with van der Waals surface area (Å²) in [4.78, 5) is 11.3. The van der Waals surface area contributed by atoms with Gasteiger partial charge in [-0.05, 0) is 12.3 Å². The van der Waals surface area contributed by atoms with Gasteiger partial charge in [-0.3, -0.25) is 4.79 Å². The number of rotatable bonds is 7. The van der Waals surface area contributed by atoms with Gasteiger partial charge in [0.2, 0.25) is 0 Å². The third-order valence-corrected chi connectivity index (χ3v) is 2.50. The van der Waals surface area contributed by atoms with Crippen LogP contribution in [-0.4, -0.2) is 31.0 Å². The van der Waals surface area contributed by atoms with Crippen LogP contribution in [0.15, 0.2) is 0 Å². The van der Waals surface area contributed by atoms with Gasteiger partial charge in [0.15, 0.2) is 0 Å². The van der Waals surface area contributed by atoms with Gasteiger partial charge in [0.25, 0.3) is 0 Å². The van der Waals surface area contributed by atoms with Crippen molar-refractivity contribution >= 4 is 18.6 Å².